The molecule has 158 valence electrons. The second-order valence-electron chi connectivity index (χ2n) is 6.48. The van der Waals surface area contributed by atoms with Crippen molar-refractivity contribution in [2.75, 3.05) is 18.7 Å². The van der Waals surface area contributed by atoms with Gasteiger partial charge in [-0.3, -0.25) is 15.3 Å². The molecule has 28 heavy (non-hydrogen) atoms. The van der Waals surface area contributed by atoms with Crippen molar-refractivity contribution in [3.05, 3.63) is 22.7 Å². The summed E-state index contributed by atoms with van der Waals surface area (Å²) in [6.07, 6.45) is 0.342. The van der Waals surface area contributed by atoms with Gasteiger partial charge in [-0.25, -0.2) is 9.59 Å². The fraction of sp³-hybridized carbons (Fsp3) is 0.706. The third-order valence-corrected chi connectivity index (χ3v) is 4.39. The normalized spacial score (nSPS) is 24.1. The Morgan fingerprint density at radius 1 is 1.25 bits per heavy atom. The van der Waals surface area contributed by atoms with Crippen LogP contribution in [0.4, 0.5) is 10.6 Å². The summed E-state index contributed by atoms with van der Waals surface area (Å²) < 4.78 is 16.3. The second kappa shape index (κ2) is 11.0. The smallest absolute Gasteiger partial charge is 0.434 e. The number of carbonyl (C=O) groups is 1. The fourth-order valence-electron chi connectivity index (χ4n) is 2.82. The predicted molar refractivity (Wildman–Crippen MR) is 95.9 cm³/mol. The molecule has 1 aromatic heterocycles. The lowest BCUT2D eigenvalue weighted by molar-refractivity contribution is -0.0642. The van der Waals surface area contributed by atoms with Crippen LogP contribution in [-0.4, -0.2) is 62.7 Å². The van der Waals surface area contributed by atoms with Gasteiger partial charge < -0.3 is 24.4 Å². The van der Waals surface area contributed by atoms with Crippen molar-refractivity contribution in [2.24, 2.45) is 0 Å². The van der Waals surface area contributed by atoms with Gasteiger partial charge in [0.15, 0.2) is 12.0 Å². The summed E-state index contributed by atoms with van der Waals surface area (Å²) in [5, 5.41) is 29.0. The Morgan fingerprint density at radius 3 is 2.68 bits per heavy atom. The number of nitrogens with one attached hydrogen (secondary N) is 1. The van der Waals surface area contributed by atoms with Crippen LogP contribution in [0.3, 0.4) is 0 Å². The molecule has 4 N–H and O–H groups in total. The number of aromatic nitrogens is 2. The number of unbranched alkanes of at least 4 members (excludes halogenated alkanes) is 4. The molecular formula is C17H27N3O8. The highest BCUT2D eigenvalue weighted by atomic mass is 16.7. The Kier molecular flexibility index (Phi) is 8.64. The molecule has 11 nitrogen and oxygen atoms in total. The number of aliphatic hydroxyl groups is 2. The van der Waals surface area contributed by atoms with Crippen molar-refractivity contribution in [1.29, 1.82) is 0 Å². The zero-order chi connectivity index (χ0) is 20.5. The van der Waals surface area contributed by atoms with Gasteiger partial charge in [0.2, 0.25) is 0 Å². The molecule has 1 aromatic rings. The summed E-state index contributed by atoms with van der Waals surface area (Å²) in [6, 6.07) is 1.28. The van der Waals surface area contributed by atoms with Crippen LogP contribution in [0, 0.1) is 0 Å². The summed E-state index contributed by atoms with van der Waals surface area (Å²) in [5.74, 6) is -0.0772. The lowest BCUT2D eigenvalue weighted by Gasteiger charge is -2.17. The minimum Gasteiger partial charge on any atom is -0.434 e. The lowest BCUT2D eigenvalue weighted by atomic mass is 10.1. The van der Waals surface area contributed by atoms with E-state index in [-0.39, 0.29) is 19.0 Å². The van der Waals surface area contributed by atoms with E-state index in [9.17, 15) is 19.8 Å². The van der Waals surface area contributed by atoms with Crippen molar-refractivity contribution in [1.82, 2.24) is 9.55 Å². The molecule has 1 saturated heterocycles. The number of carbonyl (C=O) groups excluding carboxylic acids is 1. The topological polar surface area (TPSA) is 152 Å². The molecule has 2 rings (SSSR count). The van der Waals surface area contributed by atoms with Crippen LogP contribution < -0.4 is 11.2 Å². The zero-order valence-corrected chi connectivity index (χ0v) is 15.7. The first-order valence-corrected chi connectivity index (χ1v) is 9.28. The summed E-state index contributed by atoms with van der Waals surface area (Å²) in [6.45, 7) is 2.01. The van der Waals surface area contributed by atoms with E-state index < -0.39 is 36.4 Å². The average Bonchev–Trinajstić information content (AvgIpc) is 2.97. The summed E-state index contributed by atoms with van der Waals surface area (Å²) in [4.78, 5) is 27.1. The average molecular weight is 401 g/mol. The first-order chi connectivity index (χ1) is 13.5. The third-order valence-electron chi connectivity index (χ3n) is 4.39. The van der Waals surface area contributed by atoms with E-state index in [2.05, 4.69) is 11.9 Å². The van der Waals surface area contributed by atoms with E-state index in [4.69, 9.17) is 19.4 Å². The van der Waals surface area contributed by atoms with Crippen molar-refractivity contribution in [2.45, 2.75) is 63.6 Å². The molecule has 0 aromatic carbocycles. The fourth-order valence-corrected chi connectivity index (χ4v) is 2.82. The molecule has 0 amide bonds. The first kappa shape index (κ1) is 22.1. The van der Waals surface area contributed by atoms with E-state index >= 15 is 0 Å². The quantitative estimate of drug-likeness (QED) is 0.251. The predicted octanol–water partition coefficient (Wildman–Crippen LogP) is 0.787. The Morgan fingerprint density at radius 2 is 2.00 bits per heavy atom. The van der Waals surface area contributed by atoms with Gasteiger partial charge in [-0.05, 0) is 12.5 Å². The SMILES string of the molecule is CCCCCCCOC(=O)OC[C@H]1O[C@@H](n2ccc(NO)nc2=O)C(O)[C@H]1O. The molecule has 0 saturated carbocycles. The van der Waals surface area contributed by atoms with Crippen LogP contribution in [-0.2, 0) is 14.2 Å². The van der Waals surface area contributed by atoms with E-state index in [1.807, 2.05) is 0 Å². The molecule has 0 aliphatic carbocycles. The van der Waals surface area contributed by atoms with Crippen molar-refractivity contribution >= 4 is 12.0 Å². The monoisotopic (exact) mass is 401 g/mol. The Hall–Kier alpha value is -2.21. The molecule has 1 fully saturated rings. The molecule has 1 unspecified atom stereocenters. The number of nitrogens with zero attached hydrogens (tertiary/aromatic N) is 2. The van der Waals surface area contributed by atoms with Crippen molar-refractivity contribution in [3.63, 3.8) is 0 Å². The molecule has 2 heterocycles. The van der Waals surface area contributed by atoms with Crippen LogP contribution in [0.25, 0.3) is 0 Å². The van der Waals surface area contributed by atoms with Gasteiger partial charge in [0, 0.05) is 6.20 Å². The largest absolute Gasteiger partial charge is 0.508 e. The highest BCUT2D eigenvalue weighted by Gasteiger charge is 2.44. The molecule has 11 heteroatoms. The maximum Gasteiger partial charge on any atom is 0.508 e. The number of hydrogen-bond donors (Lipinski definition) is 4. The number of ether oxygens (including phenoxy) is 3. The van der Waals surface area contributed by atoms with Crippen molar-refractivity contribution in [3.8, 4) is 0 Å². The standard InChI is InChI=1S/C17H27N3O8/c1-2-3-4-5-6-9-26-17(24)27-10-11-13(21)14(22)15(28-11)20-8-7-12(19-25)18-16(20)23/h7-8,11,13-15,21-22,25H,2-6,9-10H2,1H3,(H,18,19,23)/t11-,13+,14?,15-/m1/s1. The highest BCUT2D eigenvalue weighted by molar-refractivity contribution is 5.59. The molecule has 0 spiro atoms. The summed E-state index contributed by atoms with van der Waals surface area (Å²) in [7, 11) is 0. The maximum absolute atomic E-state index is 11.9. The molecular weight excluding hydrogens is 374 g/mol. The molecule has 0 radical (unpaired) electrons. The minimum absolute atomic E-state index is 0.0772. The number of hydrogen-bond acceptors (Lipinski definition) is 10. The van der Waals surface area contributed by atoms with Gasteiger partial charge in [0.05, 0.1) is 6.61 Å². The Balaban J connectivity index is 1.81. The second-order valence-corrected chi connectivity index (χ2v) is 6.48. The highest BCUT2D eigenvalue weighted by Crippen LogP contribution is 2.28. The van der Waals surface area contributed by atoms with Crippen molar-refractivity contribution < 1.29 is 34.4 Å². The number of rotatable bonds is 10. The van der Waals surface area contributed by atoms with E-state index in [1.165, 1.54) is 12.3 Å². The summed E-state index contributed by atoms with van der Waals surface area (Å²) in [5.41, 5.74) is 0.923. The van der Waals surface area contributed by atoms with Gasteiger partial charge in [-0.15, -0.1) is 0 Å². The van der Waals surface area contributed by atoms with Gasteiger partial charge in [-0.1, -0.05) is 32.6 Å². The zero-order valence-electron chi connectivity index (χ0n) is 15.7. The minimum atomic E-state index is -1.43. The summed E-state index contributed by atoms with van der Waals surface area (Å²) >= 11 is 0. The van der Waals surface area contributed by atoms with Crippen LogP contribution in [0.2, 0.25) is 0 Å². The third kappa shape index (κ3) is 5.89. The van der Waals surface area contributed by atoms with Crippen LogP contribution in [0.15, 0.2) is 17.1 Å². The Bertz CT molecular complexity index is 683. The molecule has 0 bridgehead atoms. The van der Waals surface area contributed by atoms with Crippen LogP contribution in [0.1, 0.15) is 45.3 Å². The van der Waals surface area contributed by atoms with Gasteiger partial charge in [-0.2, -0.15) is 4.98 Å². The Labute approximate surface area is 161 Å². The van der Waals surface area contributed by atoms with Gasteiger partial charge in [0.1, 0.15) is 24.9 Å². The van der Waals surface area contributed by atoms with Gasteiger partial charge in [0.25, 0.3) is 0 Å². The maximum atomic E-state index is 11.9. The van der Waals surface area contributed by atoms with E-state index in [0.717, 1.165) is 36.7 Å². The molecule has 4 atom stereocenters. The lowest BCUT2D eigenvalue weighted by Crippen LogP contribution is -2.36. The van der Waals surface area contributed by atoms with E-state index in [1.54, 1.807) is 5.48 Å². The van der Waals surface area contributed by atoms with E-state index in [0.29, 0.717) is 0 Å². The molecule has 1 aliphatic heterocycles. The first-order valence-electron chi connectivity index (χ1n) is 9.28. The van der Waals surface area contributed by atoms with Crippen LogP contribution in [0.5, 0.6) is 0 Å². The van der Waals surface area contributed by atoms with Crippen LogP contribution >= 0.6 is 0 Å². The number of anilines is 1. The molecule has 1 aliphatic rings. The van der Waals surface area contributed by atoms with Gasteiger partial charge >= 0.3 is 11.8 Å². The number of aliphatic hydroxyl groups excluding tert-OH is 2.